The lowest BCUT2D eigenvalue weighted by Crippen LogP contribution is -1.86. The van der Waals surface area contributed by atoms with Crippen LogP contribution in [0.25, 0.3) is 0 Å². The van der Waals surface area contributed by atoms with Crippen molar-refractivity contribution in [1.82, 2.24) is 9.97 Å². The van der Waals surface area contributed by atoms with Crippen molar-refractivity contribution in [2.45, 2.75) is 64.7 Å². The first-order valence-electron chi connectivity index (χ1n) is 6.40. The highest BCUT2D eigenvalue weighted by Gasteiger charge is 1.94. The van der Waals surface area contributed by atoms with Gasteiger partial charge in [-0.1, -0.05) is 51.9 Å². The summed E-state index contributed by atoms with van der Waals surface area (Å²) in [5, 5.41) is 0. The third kappa shape index (κ3) is 6.32. The van der Waals surface area contributed by atoms with E-state index in [2.05, 4.69) is 16.9 Å². The molecule has 2 heteroatoms. The molecule has 1 aromatic heterocycles. The summed E-state index contributed by atoms with van der Waals surface area (Å²) < 4.78 is 0. The Morgan fingerprint density at radius 1 is 1.00 bits per heavy atom. The Balaban J connectivity index is 1.81. The van der Waals surface area contributed by atoms with Gasteiger partial charge in [-0.15, -0.1) is 0 Å². The van der Waals surface area contributed by atoms with E-state index < -0.39 is 0 Å². The molecule has 0 saturated heterocycles. The van der Waals surface area contributed by atoms with Crippen LogP contribution in [0.1, 0.15) is 64.0 Å². The number of nitrogens with one attached hydrogen (secondary N) is 1. The van der Waals surface area contributed by atoms with Gasteiger partial charge in [0.2, 0.25) is 0 Å². The molecule has 1 N–H and O–H groups in total. The van der Waals surface area contributed by atoms with Crippen LogP contribution < -0.4 is 0 Å². The number of H-pyrrole nitrogens is 1. The first kappa shape index (κ1) is 12.3. The Hall–Kier alpha value is -0.790. The van der Waals surface area contributed by atoms with E-state index in [0.29, 0.717) is 0 Å². The monoisotopic (exact) mass is 208 g/mol. The van der Waals surface area contributed by atoms with Crippen LogP contribution in [-0.4, -0.2) is 9.97 Å². The van der Waals surface area contributed by atoms with Crippen LogP contribution in [0.3, 0.4) is 0 Å². The summed E-state index contributed by atoms with van der Waals surface area (Å²) >= 11 is 0. The van der Waals surface area contributed by atoms with Crippen LogP contribution in [0.4, 0.5) is 0 Å². The van der Waals surface area contributed by atoms with Gasteiger partial charge in [0.05, 0.1) is 6.33 Å². The fourth-order valence-corrected chi connectivity index (χ4v) is 1.87. The van der Waals surface area contributed by atoms with Crippen molar-refractivity contribution < 1.29 is 0 Å². The van der Waals surface area contributed by atoms with Gasteiger partial charge in [-0.3, -0.25) is 0 Å². The number of imidazole rings is 1. The topological polar surface area (TPSA) is 28.7 Å². The molecular weight excluding hydrogens is 184 g/mol. The van der Waals surface area contributed by atoms with E-state index in [0.717, 1.165) is 6.42 Å². The highest BCUT2D eigenvalue weighted by Crippen LogP contribution is 2.09. The molecule has 0 fully saturated rings. The molecule has 0 radical (unpaired) electrons. The van der Waals surface area contributed by atoms with E-state index in [-0.39, 0.29) is 0 Å². The van der Waals surface area contributed by atoms with Gasteiger partial charge in [0, 0.05) is 11.9 Å². The lowest BCUT2D eigenvalue weighted by Gasteiger charge is -2.00. The van der Waals surface area contributed by atoms with E-state index >= 15 is 0 Å². The van der Waals surface area contributed by atoms with Crippen LogP contribution in [-0.2, 0) is 6.42 Å². The number of hydrogen-bond donors (Lipinski definition) is 1. The Kier molecular flexibility index (Phi) is 6.97. The number of hydrogen-bond acceptors (Lipinski definition) is 1. The van der Waals surface area contributed by atoms with Crippen molar-refractivity contribution in [3.63, 3.8) is 0 Å². The van der Waals surface area contributed by atoms with Crippen LogP contribution in [0, 0.1) is 0 Å². The first-order chi connectivity index (χ1) is 7.43. The van der Waals surface area contributed by atoms with E-state index in [1.807, 2.05) is 6.20 Å². The molecule has 0 aliphatic rings. The van der Waals surface area contributed by atoms with Crippen molar-refractivity contribution in [3.05, 3.63) is 18.2 Å². The minimum absolute atomic E-state index is 1.16. The van der Waals surface area contributed by atoms with Crippen molar-refractivity contribution in [2.24, 2.45) is 0 Å². The third-order valence-electron chi connectivity index (χ3n) is 2.85. The molecular formula is C13H24N2. The zero-order valence-electron chi connectivity index (χ0n) is 9.97. The van der Waals surface area contributed by atoms with Crippen molar-refractivity contribution in [2.75, 3.05) is 0 Å². The fourth-order valence-electron chi connectivity index (χ4n) is 1.87. The normalized spacial score (nSPS) is 10.7. The molecule has 0 bridgehead atoms. The summed E-state index contributed by atoms with van der Waals surface area (Å²) in [6.45, 7) is 2.27. The second-order valence-corrected chi connectivity index (χ2v) is 4.30. The van der Waals surface area contributed by atoms with Gasteiger partial charge in [-0.2, -0.15) is 0 Å². The summed E-state index contributed by atoms with van der Waals surface area (Å²) in [5.41, 5.74) is 1.28. The molecule has 0 saturated carbocycles. The second kappa shape index (κ2) is 8.51. The van der Waals surface area contributed by atoms with Crippen molar-refractivity contribution in [1.29, 1.82) is 0 Å². The van der Waals surface area contributed by atoms with Gasteiger partial charge in [0.25, 0.3) is 0 Å². The lowest BCUT2D eigenvalue weighted by molar-refractivity contribution is 0.574. The first-order valence-corrected chi connectivity index (χ1v) is 6.40. The van der Waals surface area contributed by atoms with Crippen molar-refractivity contribution in [3.8, 4) is 0 Å². The Morgan fingerprint density at radius 2 is 1.67 bits per heavy atom. The Morgan fingerprint density at radius 3 is 2.27 bits per heavy atom. The number of unbranched alkanes of at least 4 members (excludes halogenated alkanes) is 7. The largest absolute Gasteiger partial charge is 0.348 e. The number of aryl methyl sites for hydroxylation is 1. The van der Waals surface area contributed by atoms with Gasteiger partial charge in [0.1, 0.15) is 0 Å². The molecule has 1 heterocycles. The zero-order valence-corrected chi connectivity index (χ0v) is 9.97. The molecule has 1 rings (SSSR count). The average Bonchev–Trinajstić information content (AvgIpc) is 2.75. The quantitative estimate of drug-likeness (QED) is 0.608. The number of rotatable bonds is 9. The van der Waals surface area contributed by atoms with Gasteiger partial charge < -0.3 is 4.98 Å². The minimum Gasteiger partial charge on any atom is -0.348 e. The highest BCUT2D eigenvalue weighted by molar-refractivity contribution is 4.93. The molecule has 2 nitrogen and oxygen atoms in total. The smallest absolute Gasteiger partial charge is 0.0921 e. The maximum Gasteiger partial charge on any atom is 0.0921 e. The molecule has 1 aromatic rings. The average molecular weight is 208 g/mol. The summed E-state index contributed by atoms with van der Waals surface area (Å²) in [6, 6.07) is 0. The van der Waals surface area contributed by atoms with E-state index in [9.17, 15) is 0 Å². The van der Waals surface area contributed by atoms with E-state index in [1.54, 1.807) is 6.33 Å². The Labute approximate surface area is 93.5 Å². The van der Waals surface area contributed by atoms with E-state index in [1.165, 1.54) is 57.1 Å². The van der Waals surface area contributed by atoms with E-state index in [4.69, 9.17) is 0 Å². The van der Waals surface area contributed by atoms with Crippen LogP contribution in [0.2, 0.25) is 0 Å². The summed E-state index contributed by atoms with van der Waals surface area (Å²) in [7, 11) is 0. The molecule has 15 heavy (non-hydrogen) atoms. The molecule has 0 spiro atoms. The summed E-state index contributed by atoms with van der Waals surface area (Å²) in [6.07, 6.45) is 16.0. The number of nitrogens with zero attached hydrogens (tertiary/aromatic N) is 1. The molecule has 0 aliphatic carbocycles. The lowest BCUT2D eigenvalue weighted by atomic mass is 10.1. The predicted molar refractivity (Wildman–Crippen MR) is 64.9 cm³/mol. The third-order valence-corrected chi connectivity index (χ3v) is 2.85. The molecule has 0 unspecified atom stereocenters. The highest BCUT2D eigenvalue weighted by atomic mass is 14.9. The summed E-state index contributed by atoms with van der Waals surface area (Å²) in [4.78, 5) is 7.16. The minimum atomic E-state index is 1.16. The molecule has 0 amide bonds. The summed E-state index contributed by atoms with van der Waals surface area (Å²) in [5.74, 6) is 0. The van der Waals surface area contributed by atoms with Crippen LogP contribution in [0.5, 0.6) is 0 Å². The zero-order chi connectivity index (χ0) is 10.8. The Bertz CT molecular complexity index is 216. The van der Waals surface area contributed by atoms with Gasteiger partial charge in [-0.05, 0) is 12.8 Å². The molecule has 0 atom stereocenters. The standard InChI is InChI=1S/C13H24N2/c1-2-3-4-5-6-7-8-9-10-13-11-14-12-15-13/h11-12H,2-10H2,1H3,(H,14,15). The molecule has 0 aliphatic heterocycles. The van der Waals surface area contributed by atoms with Gasteiger partial charge in [0.15, 0.2) is 0 Å². The van der Waals surface area contributed by atoms with Crippen LogP contribution >= 0.6 is 0 Å². The number of aromatic nitrogens is 2. The van der Waals surface area contributed by atoms with Gasteiger partial charge in [-0.25, -0.2) is 4.98 Å². The molecule has 0 aromatic carbocycles. The predicted octanol–water partition coefficient (Wildman–Crippen LogP) is 4.09. The fraction of sp³-hybridized carbons (Fsp3) is 0.769. The maximum absolute atomic E-state index is 4.02. The maximum atomic E-state index is 4.02. The SMILES string of the molecule is CCCCCCCCCCc1cnc[nH]1. The van der Waals surface area contributed by atoms with Crippen molar-refractivity contribution >= 4 is 0 Å². The number of aromatic amines is 1. The second-order valence-electron chi connectivity index (χ2n) is 4.30. The van der Waals surface area contributed by atoms with Gasteiger partial charge >= 0.3 is 0 Å². The van der Waals surface area contributed by atoms with Crippen LogP contribution in [0.15, 0.2) is 12.5 Å². The molecule has 86 valence electrons.